The number of nitrogens with one attached hydrogen (secondary N) is 1. The Morgan fingerprint density at radius 1 is 1.47 bits per heavy atom. The molecule has 1 heterocycles. The molecule has 1 aromatic heterocycles. The highest BCUT2D eigenvalue weighted by Gasteiger charge is 2.26. The second kappa shape index (κ2) is 6.02. The Balaban J connectivity index is 2.70. The molecule has 0 aliphatic rings. The molecule has 2 N–H and O–H groups in total. The summed E-state index contributed by atoms with van der Waals surface area (Å²) < 4.78 is 26.4. The Morgan fingerprint density at radius 2 is 2.11 bits per heavy atom. The summed E-state index contributed by atoms with van der Waals surface area (Å²) in [4.78, 5) is 11.1. The molecule has 0 spiro atoms. The van der Waals surface area contributed by atoms with Gasteiger partial charge in [0, 0.05) is 6.54 Å². The second-order valence-electron chi connectivity index (χ2n) is 5.58. The van der Waals surface area contributed by atoms with Gasteiger partial charge < -0.3 is 5.11 Å². The van der Waals surface area contributed by atoms with Gasteiger partial charge in [-0.15, -0.1) is 11.3 Å². The monoisotopic (exact) mass is 305 g/mol. The molecule has 0 bridgehead atoms. The molecule has 0 aliphatic heterocycles. The molecule has 7 heteroatoms. The van der Waals surface area contributed by atoms with Crippen molar-refractivity contribution in [2.75, 3.05) is 6.54 Å². The Hall–Kier alpha value is -0.920. The Bertz CT molecular complexity index is 514. The van der Waals surface area contributed by atoms with Crippen LogP contribution in [-0.4, -0.2) is 26.0 Å². The largest absolute Gasteiger partial charge is 0.481 e. The predicted molar refractivity (Wildman–Crippen MR) is 74.7 cm³/mol. The lowest BCUT2D eigenvalue weighted by atomic mass is 9.85. The van der Waals surface area contributed by atoms with Crippen molar-refractivity contribution in [3.05, 3.63) is 17.5 Å². The van der Waals surface area contributed by atoms with E-state index in [1.165, 1.54) is 6.07 Å². The van der Waals surface area contributed by atoms with Gasteiger partial charge in [-0.3, -0.25) is 4.79 Å². The van der Waals surface area contributed by atoms with Crippen molar-refractivity contribution in [2.45, 2.75) is 31.4 Å². The summed E-state index contributed by atoms with van der Waals surface area (Å²) in [5, 5.41) is 10.8. The standard InChI is InChI=1S/C12H19NO4S2/c1-12(2,3)7-9(11(14)15)8-13-19(16,17)10-5-4-6-18-10/h4-6,9,13H,7-8H2,1-3H3,(H,14,15). The molecule has 1 unspecified atom stereocenters. The minimum absolute atomic E-state index is 0.0904. The number of carbonyl (C=O) groups is 1. The molecule has 19 heavy (non-hydrogen) atoms. The van der Waals surface area contributed by atoms with E-state index in [0.29, 0.717) is 6.42 Å². The highest BCUT2D eigenvalue weighted by molar-refractivity contribution is 7.91. The molecule has 108 valence electrons. The average Bonchev–Trinajstić information content (AvgIpc) is 2.76. The fraction of sp³-hybridized carbons (Fsp3) is 0.583. The molecular formula is C12H19NO4S2. The summed E-state index contributed by atoms with van der Waals surface area (Å²) in [6.07, 6.45) is 0.412. The van der Waals surface area contributed by atoms with E-state index >= 15 is 0 Å². The van der Waals surface area contributed by atoms with Gasteiger partial charge in [0.2, 0.25) is 10.0 Å². The van der Waals surface area contributed by atoms with Crippen LogP contribution >= 0.6 is 11.3 Å². The number of carboxylic acid groups (broad SMARTS) is 1. The van der Waals surface area contributed by atoms with Crippen LogP contribution in [0.3, 0.4) is 0 Å². The number of carboxylic acids is 1. The van der Waals surface area contributed by atoms with E-state index in [1.807, 2.05) is 20.8 Å². The van der Waals surface area contributed by atoms with E-state index < -0.39 is 21.9 Å². The maximum absolute atomic E-state index is 11.9. The van der Waals surface area contributed by atoms with Crippen LogP contribution < -0.4 is 4.72 Å². The Kier molecular flexibility index (Phi) is 5.11. The maximum Gasteiger partial charge on any atom is 0.307 e. The molecule has 0 saturated carbocycles. The van der Waals surface area contributed by atoms with Crippen LogP contribution in [0.15, 0.2) is 21.7 Å². The van der Waals surface area contributed by atoms with E-state index in [2.05, 4.69) is 4.72 Å². The van der Waals surface area contributed by atoms with Gasteiger partial charge in [-0.2, -0.15) is 0 Å². The van der Waals surface area contributed by atoms with Gasteiger partial charge in [0.25, 0.3) is 0 Å². The highest BCUT2D eigenvalue weighted by atomic mass is 32.2. The van der Waals surface area contributed by atoms with Crippen molar-refractivity contribution in [3.8, 4) is 0 Å². The fourth-order valence-corrected chi connectivity index (χ4v) is 3.80. The van der Waals surface area contributed by atoms with Crippen molar-refractivity contribution in [3.63, 3.8) is 0 Å². The SMILES string of the molecule is CC(C)(C)CC(CNS(=O)(=O)c1cccs1)C(=O)O. The molecular weight excluding hydrogens is 286 g/mol. The molecule has 1 rings (SSSR count). The van der Waals surface area contributed by atoms with Gasteiger partial charge in [-0.1, -0.05) is 26.8 Å². The lowest BCUT2D eigenvalue weighted by Crippen LogP contribution is -2.34. The van der Waals surface area contributed by atoms with Gasteiger partial charge in [0.05, 0.1) is 5.92 Å². The summed E-state index contributed by atoms with van der Waals surface area (Å²) in [5.41, 5.74) is -0.169. The van der Waals surface area contributed by atoms with E-state index in [1.54, 1.807) is 11.4 Å². The third kappa shape index (κ3) is 5.30. The first-order chi connectivity index (χ1) is 8.62. The molecule has 1 atom stereocenters. The summed E-state index contributed by atoms with van der Waals surface area (Å²) in [6.45, 7) is 5.69. The first kappa shape index (κ1) is 16.1. The predicted octanol–water partition coefficient (Wildman–Crippen LogP) is 2.16. The van der Waals surface area contributed by atoms with E-state index in [9.17, 15) is 13.2 Å². The van der Waals surface area contributed by atoms with Crippen LogP contribution in [0.4, 0.5) is 0 Å². The third-order valence-corrected chi connectivity index (χ3v) is 5.31. The van der Waals surface area contributed by atoms with Crippen molar-refractivity contribution in [1.29, 1.82) is 0 Å². The second-order valence-corrected chi connectivity index (χ2v) is 8.53. The Labute approximate surface area is 117 Å². The van der Waals surface area contributed by atoms with Gasteiger partial charge in [-0.25, -0.2) is 13.1 Å². The van der Waals surface area contributed by atoms with Crippen LogP contribution in [0, 0.1) is 11.3 Å². The van der Waals surface area contributed by atoms with Crippen LogP contribution in [0.1, 0.15) is 27.2 Å². The Morgan fingerprint density at radius 3 is 2.53 bits per heavy atom. The minimum Gasteiger partial charge on any atom is -0.481 e. The van der Waals surface area contributed by atoms with E-state index in [-0.39, 0.29) is 16.2 Å². The third-order valence-electron chi connectivity index (χ3n) is 2.49. The lowest BCUT2D eigenvalue weighted by Gasteiger charge is -2.23. The zero-order chi connectivity index (χ0) is 14.7. The lowest BCUT2D eigenvalue weighted by molar-refractivity contribution is -0.142. The van der Waals surface area contributed by atoms with Crippen molar-refractivity contribution in [1.82, 2.24) is 4.72 Å². The zero-order valence-corrected chi connectivity index (χ0v) is 12.8. The van der Waals surface area contributed by atoms with Crippen LogP contribution in [0.25, 0.3) is 0 Å². The number of rotatable bonds is 6. The molecule has 0 aromatic carbocycles. The molecule has 1 aromatic rings. The number of hydrogen-bond donors (Lipinski definition) is 2. The number of aliphatic carboxylic acids is 1. The average molecular weight is 305 g/mol. The summed E-state index contributed by atoms with van der Waals surface area (Å²) in [6, 6.07) is 3.13. The molecule has 0 amide bonds. The number of thiophene rings is 1. The molecule has 0 aliphatic carbocycles. The van der Waals surface area contributed by atoms with Crippen LogP contribution in [0.5, 0.6) is 0 Å². The van der Waals surface area contributed by atoms with Gasteiger partial charge in [0.1, 0.15) is 4.21 Å². The first-order valence-corrected chi connectivity index (χ1v) is 8.24. The van der Waals surface area contributed by atoms with Crippen LogP contribution in [0.2, 0.25) is 0 Å². The van der Waals surface area contributed by atoms with Crippen molar-refractivity contribution < 1.29 is 18.3 Å². The quantitative estimate of drug-likeness (QED) is 0.843. The number of sulfonamides is 1. The van der Waals surface area contributed by atoms with E-state index in [0.717, 1.165) is 11.3 Å². The molecule has 0 fully saturated rings. The van der Waals surface area contributed by atoms with Gasteiger partial charge in [0.15, 0.2) is 0 Å². The van der Waals surface area contributed by atoms with Crippen molar-refractivity contribution in [2.24, 2.45) is 11.3 Å². The summed E-state index contributed by atoms with van der Waals surface area (Å²) in [5.74, 6) is -1.71. The zero-order valence-electron chi connectivity index (χ0n) is 11.2. The van der Waals surface area contributed by atoms with E-state index in [4.69, 9.17) is 5.11 Å². The normalized spacial score (nSPS) is 14.3. The molecule has 0 radical (unpaired) electrons. The van der Waals surface area contributed by atoms with Gasteiger partial charge >= 0.3 is 5.97 Å². The highest BCUT2D eigenvalue weighted by Crippen LogP contribution is 2.25. The van der Waals surface area contributed by atoms with Crippen molar-refractivity contribution >= 4 is 27.3 Å². The summed E-state index contributed by atoms with van der Waals surface area (Å²) >= 11 is 1.11. The maximum atomic E-state index is 11.9. The molecule has 0 saturated heterocycles. The summed E-state index contributed by atoms with van der Waals surface area (Å²) in [7, 11) is -3.60. The molecule has 5 nitrogen and oxygen atoms in total. The first-order valence-electron chi connectivity index (χ1n) is 5.88. The number of hydrogen-bond acceptors (Lipinski definition) is 4. The van der Waals surface area contributed by atoms with Gasteiger partial charge in [-0.05, 0) is 23.3 Å². The van der Waals surface area contributed by atoms with Crippen LogP contribution in [-0.2, 0) is 14.8 Å². The minimum atomic E-state index is -3.60. The smallest absolute Gasteiger partial charge is 0.307 e. The topological polar surface area (TPSA) is 83.5 Å². The fourth-order valence-electron chi connectivity index (χ4n) is 1.68.